The fraction of sp³-hybridized carbons (Fsp3) is 0.875. The van der Waals surface area contributed by atoms with Crippen LogP contribution in [0.2, 0.25) is 0 Å². The van der Waals surface area contributed by atoms with E-state index < -0.39 is 12.0 Å². The fourth-order valence-electron chi connectivity index (χ4n) is 1.36. The summed E-state index contributed by atoms with van der Waals surface area (Å²) in [6.45, 7) is 2.17. The zero-order valence-electron chi connectivity index (χ0n) is 7.23. The van der Waals surface area contributed by atoms with Crippen LogP contribution < -0.4 is 0 Å². The second kappa shape index (κ2) is 3.87. The monoisotopic (exact) mass is 173 g/mol. The molecule has 1 atom stereocenters. The topological polar surface area (TPSA) is 60.8 Å². The fourth-order valence-corrected chi connectivity index (χ4v) is 1.36. The van der Waals surface area contributed by atoms with Crippen molar-refractivity contribution >= 4 is 5.97 Å². The number of aliphatic hydroxyl groups is 1. The van der Waals surface area contributed by atoms with Gasteiger partial charge in [0.05, 0.1) is 6.61 Å². The molecule has 1 fully saturated rings. The smallest absolute Gasteiger partial charge is 0.320 e. The van der Waals surface area contributed by atoms with Gasteiger partial charge in [0.15, 0.2) is 0 Å². The maximum absolute atomic E-state index is 10.6. The zero-order chi connectivity index (χ0) is 9.14. The van der Waals surface area contributed by atoms with Gasteiger partial charge in [-0.15, -0.1) is 0 Å². The molecule has 0 amide bonds. The maximum atomic E-state index is 10.6. The molecule has 0 aromatic heterocycles. The van der Waals surface area contributed by atoms with Crippen LogP contribution in [-0.4, -0.2) is 46.3 Å². The third-order valence-corrected chi connectivity index (χ3v) is 2.23. The van der Waals surface area contributed by atoms with Crippen molar-refractivity contribution in [1.82, 2.24) is 4.90 Å². The van der Waals surface area contributed by atoms with Gasteiger partial charge in [0, 0.05) is 12.6 Å². The summed E-state index contributed by atoms with van der Waals surface area (Å²) in [4.78, 5) is 12.5. The molecule has 4 nitrogen and oxygen atoms in total. The van der Waals surface area contributed by atoms with Gasteiger partial charge in [-0.1, -0.05) is 0 Å². The Balaban J connectivity index is 2.45. The zero-order valence-corrected chi connectivity index (χ0v) is 7.23. The van der Waals surface area contributed by atoms with Crippen LogP contribution in [0.3, 0.4) is 0 Å². The van der Waals surface area contributed by atoms with Crippen LogP contribution in [-0.2, 0) is 4.79 Å². The molecule has 1 aliphatic rings. The number of rotatable bonds is 5. The van der Waals surface area contributed by atoms with Crippen LogP contribution >= 0.6 is 0 Å². The van der Waals surface area contributed by atoms with Gasteiger partial charge in [0.25, 0.3) is 0 Å². The number of aliphatic hydroxyl groups excluding tert-OH is 1. The first-order chi connectivity index (χ1) is 5.66. The molecule has 0 aliphatic heterocycles. The molecule has 4 heteroatoms. The van der Waals surface area contributed by atoms with E-state index in [0.29, 0.717) is 12.6 Å². The predicted octanol–water partition coefficient (Wildman–Crippen LogP) is -0.0838. The first-order valence-electron chi connectivity index (χ1n) is 4.26. The number of aliphatic carboxylic acids is 1. The van der Waals surface area contributed by atoms with Gasteiger partial charge in [-0.05, 0) is 19.8 Å². The highest BCUT2D eigenvalue weighted by Gasteiger charge is 2.34. The Morgan fingerprint density at radius 1 is 1.67 bits per heavy atom. The van der Waals surface area contributed by atoms with Crippen molar-refractivity contribution in [2.45, 2.75) is 31.8 Å². The summed E-state index contributed by atoms with van der Waals surface area (Å²) in [6, 6.07) is -0.0760. The van der Waals surface area contributed by atoms with Gasteiger partial charge in [0.2, 0.25) is 0 Å². The van der Waals surface area contributed by atoms with E-state index in [1.54, 1.807) is 6.92 Å². The van der Waals surface area contributed by atoms with Crippen LogP contribution in [0.4, 0.5) is 0 Å². The largest absolute Gasteiger partial charge is 0.480 e. The summed E-state index contributed by atoms with van der Waals surface area (Å²) in [5, 5.41) is 17.4. The minimum absolute atomic E-state index is 0.0358. The molecule has 0 aromatic rings. The van der Waals surface area contributed by atoms with E-state index >= 15 is 0 Å². The number of hydrogen-bond donors (Lipinski definition) is 2. The number of carbonyl (C=O) groups is 1. The SMILES string of the molecule is CC(C(=O)O)N(CCO)C1CC1. The van der Waals surface area contributed by atoms with Crippen molar-refractivity contribution in [2.24, 2.45) is 0 Å². The van der Waals surface area contributed by atoms with E-state index in [-0.39, 0.29) is 6.61 Å². The predicted molar refractivity (Wildman–Crippen MR) is 43.9 cm³/mol. The Hall–Kier alpha value is -0.610. The van der Waals surface area contributed by atoms with Gasteiger partial charge in [-0.2, -0.15) is 0 Å². The Morgan fingerprint density at radius 3 is 2.58 bits per heavy atom. The molecular weight excluding hydrogens is 158 g/mol. The van der Waals surface area contributed by atoms with E-state index in [4.69, 9.17) is 10.2 Å². The molecule has 70 valence electrons. The van der Waals surface area contributed by atoms with Crippen molar-refractivity contribution in [2.75, 3.05) is 13.2 Å². The number of carboxylic acid groups (broad SMARTS) is 1. The van der Waals surface area contributed by atoms with Crippen LogP contribution in [0.1, 0.15) is 19.8 Å². The summed E-state index contributed by atoms with van der Waals surface area (Å²) >= 11 is 0. The molecule has 0 heterocycles. The summed E-state index contributed by atoms with van der Waals surface area (Å²) in [6.07, 6.45) is 2.13. The van der Waals surface area contributed by atoms with Crippen LogP contribution in [0, 0.1) is 0 Å². The molecule has 0 bridgehead atoms. The molecule has 1 rings (SSSR count). The Morgan fingerprint density at radius 2 is 2.25 bits per heavy atom. The van der Waals surface area contributed by atoms with E-state index in [1.165, 1.54) is 0 Å². The van der Waals surface area contributed by atoms with E-state index in [9.17, 15) is 4.79 Å². The molecule has 1 saturated carbocycles. The standard InChI is InChI=1S/C8H15NO3/c1-6(8(11)12)9(4-5-10)7-2-3-7/h6-7,10H,2-5H2,1H3,(H,11,12). The Kier molecular flexibility index (Phi) is 3.05. The molecule has 0 radical (unpaired) electrons. The lowest BCUT2D eigenvalue weighted by atomic mass is 10.3. The lowest BCUT2D eigenvalue weighted by molar-refractivity contribution is -0.143. The minimum Gasteiger partial charge on any atom is -0.480 e. The molecule has 12 heavy (non-hydrogen) atoms. The van der Waals surface area contributed by atoms with Crippen LogP contribution in [0.25, 0.3) is 0 Å². The minimum atomic E-state index is -0.810. The molecule has 2 N–H and O–H groups in total. The summed E-state index contributed by atoms with van der Waals surface area (Å²) in [5.41, 5.74) is 0. The van der Waals surface area contributed by atoms with Gasteiger partial charge in [-0.25, -0.2) is 0 Å². The molecular formula is C8H15NO3. The van der Waals surface area contributed by atoms with Gasteiger partial charge in [-0.3, -0.25) is 9.69 Å². The number of carboxylic acids is 1. The molecule has 0 aromatic carbocycles. The third kappa shape index (κ3) is 2.19. The molecule has 1 aliphatic carbocycles. The van der Waals surface area contributed by atoms with Crippen molar-refractivity contribution < 1.29 is 15.0 Å². The molecule has 0 saturated heterocycles. The highest BCUT2D eigenvalue weighted by molar-refractivity contribution is 5.73. The average Bonchev–Trinajstić information content (AvgIpc) is 2.81. The second-order valence-corrected chi connectivity index (χ2v) is 3.21. The molecule has 0 spiro atoms. The second-order valence-electron chi connectivity index (χ2n) is 3.21. The number of hydrogen-bond acceptors (Lipinski definition) is 3. The average molecular weight is 173 g/mol. The third-order valence-electron chi connectivity index (χ3n) is 2.23. The Labute approximate surface area is 71.8 Å². The maximum Gasteiger partial charge on any atom is 0.320 e. The van der Waals surface area contributed by atoms with Crippen molar-refractivity contribution in [3.63, 3.8) is 0 Å². The van der Waals surface area contributed by atoms with Crippen molar-refractivity contribution in [3.05, 3.63) is 0 Å². The van der Waals surface area contributed by atoms with Crippen molar-refractivity contribution in [3.8, 4) is 0 Å². The first kappa shape index (κ1) is 9.48. The van der Waals surface area contributed by atoms with Gasteiger partial charge < -0.3 is 10.2 Å². The summed E-state index contributed by atoms with van der Waals surface area (Å²) < 4.78 is 0. The van der Waals surface area contributed by atoms with E-state index in [0.717, 1.165) is 12.8 Å². The van der Waals surface area contributed by atoms with E-state index in [2.05, 4.69) is 0 Å². The normalized spacial score (nSPS) is 19.6. The first-order valence-corrected chi connectivity index (χ1v) is 4.26. The van der Waals surface area contributed by atoms with Gasteiger partial charge >= 0.3 is 5.97 Å². The molecule has 1 unspecified atom stereocenters. The lowest BCUT2D eigenvalue weighted by Crippen LogP contribution is -2.42. The van der Waals surface area contributed by atoms with Crippen LogP contribution in [0.15, 0.2) is 0 Å². The highest BCUT2D eigenvalue weighted by Crippen LogP contribution is 2.28. The van der Waals surface area contributed by atoms with Crippen molar-refractivity contribution in [1.29, 1.82) is 0 Å². The van der Waals surface area contributed by atoms with Gasteiger partial charge in [0.1, 0.15) is 6.04 Å². The summed E-state index contributed by atoms with van der Waals surface area (Å²) in [5.74, 6) is -0.810. The Bertz CT molecular complexity index is 168. The van der Waals surface area contributed by atoms with E-state index in [1.807, 2.05) is 4.90 Å². The highest BCUT2D eigenvalue weighted by atomic mass is 16.4. The van der Waals surface area contributed by atoms with Crippen LogP contribution in [0.5, 0.6) is 0 Å². The summed E-state index contributed by atoms with van der Waals surface area (Å²) in [7, 11) is 0. The lowest BCUT2D eigenvalue weighted by Gasteiger charge is -2.24. The number of nitrogens with zero attached hydrogens (tertiary/aromatic N) is 1. The quantitative estimate of drug-likeness (QED) is 0.610.